The number of nitrogens with zero attached hydrogens (tertiary/aromatic N) is 2. The second-order valence-corrected chi connectivity index (χ2v) is 6.51. The number of rotatable bonds is 1. The van der Waals surface area contributed by atoms with Gasteiger partial charge in [0.05, 0.1) is 11.7 Å². The van der Waals surface area contributed by atoms with Crippen LogP contribution in [0, 0.1) is 6.92 Å². The lowest BCUT2D eigenvalue weighted by Crippen LogP contribution is -2.33. The first-order chi connectivity index (χ1) is 8.66. The summed E-state index contributed by atoms with van der Waals surface area (Å²) in [5.41, 5.74) is 2.52. The molecule has 0 bridgehead atoms. The van der Waals surface area contributed by atoms with Gasteiger partial charge in [0.2, 0.25) is 0 Å². The number of aromatic nitrogens is 1. The highest BCUT2D eigenvalue weighted by Gasteiger charge is 2.25. The summed E-state index contributed by atoms with van der Waals surface area (Å²) in [5.74, 6) is 1.08. The minimum absolute atomic E-state index is 0.424. The Morgan fingerprint density at radius 3 is 3.00 bits per heavy atom. The molecule has 0 saturated carbocycles. The quantitative estimate of drug-likeness (QED) is 0.776. The number of thiophene rings is 1. The average Bonchev–Trinajstić information content (AvgIpc) is 2.83. The monoisotopic (exact) mass is 322 g/mol. The van der Waals surface area contributed by atoms with E-state index in [-0.39, 0.29) is 0 Å². The minimum atomic E-state index is 0.424. The second-order valence-electron chi connectivity index (χ2n) is 4.66. The Balaban J connectivity index is 1.96. The third-order valence-corrected chi connectivity index (χ3v) is 5.41. The van der Waals surface area contributed by atoms with Crippen LogP contribution in [0.3, 0.4) is 0 Å². The van der Waals surface area contributed by atoms with Crippen molar-refractivity contribution < 1.29 is 0 Å². The highest BCUT2D eigenvalue weighted by molar-refractivity contribution is 9.10. The maximum Gasteiger partial charge on any atom is 0.129 e. The van der Waals surface area contributed by atoms with Gasteiger partial charge in [-0.25, -0.2) is 4.98 Å². The molecular formula is C14H15BrN2S. The maximum atomic E-state index is 4.69. The summed E-state index contributed by atoms with van der Waals surface area (Å²) in [6.45, 7) is 5.37. The molecule has 2 aromatic rings. The summed E-state index contributed by atoms with van der Waals surface area (Å²) in [6, 6.07) is 6.87. The van der Waals surface area contributed by atoms with Crippen LogP contribution in [0.15, 0.2) is 28.1 Å². The molecule has 2 aromatic heterocycles. The lowest BCUT2D eigenvalue weighted by molar-refractivity contribution is 0.624. The SMILES string of the molecule is Cc1nc(N2CCc3sccc3C2C)ccc1Br. The van der Waals surface area contributed by atoms with E-state index < -0.39 is 0 Å². The first kappa shape index (κ1) is 12.2. The molecule has 3 heterocycles. The van der Waals surface area contributed by atoms with Crippen molar-refractivity contribution in [1.29, 1.82) is 0 Å². The summed E-state index contributed by atoms with van der Waals surface area (Å²) in [7, 11) is 0. The molecule has 0 fully saturated rings. The number of aryl methyl sites for hydroxylation is 1. The fourth-order valence-corrected chi connectivity index (χ4v) is 3.70. The Hall–Kier alpha value is -0.870. The van der Waals surface area contributed by atoms with E-state index >= 15 is 0 Å². The van der Waals surface area contributed by atoms with Gasteiger partial charge in [-0.1, -0.05) is 0 Å². The number of pyridine rings is 1. The molecule has 1 unspecified atom stereocenters. The van der Waals surface area contributed by atoms with Gasteiger partial charge in [-0.3, -0.25) is 0 Å². The van der Waals surface area contributed by atoms with Crippen molar-refractivity contribution in [3.05, 3.63) is 44.2 Å². The average molecular weight is 323 g/mol. The highest BCUT2D eigenvalue weighted by Crippen LogP contribution is 2.35. The van der Waals surface area contributed by atoms with Gasteiger partial charge >= 0.3 is 0 Å². The molecule has 0 spiro atoms. The van der Waals surface area contributed by atoms with E-state index in [1.165, 1.54) is 10.4 Å². The molecule has 4 heteroatoms. The van der Waals surface area contributed by atoms with Crippen molar-refractivity contribution >= 4 is 33.1 Å². The van der Waals surface area contributed by atoms with Crippen LogP contribution in [-0.2, 0) is 6.42 Å². The highest BCUT2D eigenvalue weighted by atomic mass is 79.9. The number of fused-ring (bicyclic) bond motifs is 1. The Morgan fingerprint density at radius 1 is 1.39 bits per heavy atom. The van der Waals surface area contributed by atoms with Gasteiger partial charge in [-0.05, 0) is 65.3 Å². The molecule has 0 saturated heterocycles. The van der Waals surface area contributed by atoms with Crippen LogP contribution in [0.2, 0.25) is 0 Å². The smallest absolute Gasteiger partial charge is 0.129 e. The van der Waals surface area contributed by atoms with Crippen LogP contribution in [0.1, 0.15) is 29.1 Å². The summed E-state index contributed by atoms with van der Waals surface area (Å²) >= 11 is 5.39. The van der Waals surface area contributed by atoms with Gasteiger partial charge in [0.1, 0.15) is 5.82 Å². The number of hydrogen-bond acceptors (Lipinski definition) is 3. The molecule has 1 atom stereocenters. The molecule has 3 rings (SSSR count). The lowest BCUT2D eigenvalue weighted by Gasteiger charge is -2.34. The third kappa shape index (κ3) is 1.97. The zero-order chi connectivity index (χ0) is 12.7. The largest absolute Gasteiger partial charge is 0.349 e. The van der Waals surface area contributed by atoms with E-state index in [0.29, 0.717) is 6.04 Å². The Bertz CT molecular complexity index is 579. The van der Waals surface area contributed by atoms with Crippen LogP contribution >= 0.6 is 27.3 Å². The standard InChI is InChI=1S/C14H15BrN2S/c1-9-12(15)3-4-14(16-9)17-7-5-13-11(10(17)2)6-8-18-13/h3-4,6,8,10H,5,7H2,1-2H3. The Kier molecular flexibility index (Phi) is 3.16. The molecule has 94 valence electrons. The van der Waals surface area contributed by atoms with Crippen LogP contribution in [0.25, 0.3) is 0 Å². The predicted molar refractivity (Wildman–Crippen MR) is 80.5 cm³/mol. The van der Waals surface area contributed by atoms with Crippen molar-refractivity contribution in [2.75, 3.05) is 11.4 Å². The minimum Gasteiger partial charge on any atom is -0.349 e. The van der Waals surface area contributed by atoms with Crippen molar-refractivity contribution in [3.63, 3.8) is 0 Å². The van der Waals surface area contributed by atoms with Crippen molar-refractivity contribution in [1.82, 2.24) is 4.98 Å². The van der Waals surface area contributed by atoms with E-state index in [1.807, 2.05) is 18.3 Å². The summed E-state index contributed by atoms with van der Waals surface area (Å²) in [6.07, 6.45) is 1.13. The van der Waals surface area contributed by atoms with E-state index in [0.717, 1.165) is 29.0 Å². The van der Waals surface area contributed by atoms with E-state index in [9.17, 15) is 0 Å². The van der Waals surface area contributed by atoms with Gasteiger partial charge in [0.25, 0.3) is 0 Å². The molecule has 0 N–H and O–H groups in total. The zero-order valence-corrected chi connectivity index (χ0v) is 12.9. The van der Waals surface area contributed by atoms with Crippen molar-refractivity contribution in [2.45, 2.75) is 26.3 Å². The normalized spacial score (nSPS) is 18.8. The van der Waals surface area contributed by atoms with Crippen LogP contribution in [0.5, 0.6) is 0 Å². The van der Waals surface area contributed by atoms with Crippen LogP contribution in [0.4, 0.5) is 5.82 Å². The van der Waals surface area contributed by atoms with Gasteiger partial charge in [-0.15, -0.1) is 11.3 Å². The fraction of sp³-hybridized carbons (Fsp3) is 0.357. The molecule has 0 radical (unpaired) electrons. The van der Waals surface area contributed by atoms with Crippen molar-refractivity contribution in [3.8, 4) is 0 Å². The predicted octanol–water partition coefficient (Wildman–Crippen LogP) is 4.34. The number of halogens is 1. The second kappa shape index (κ2) is 4.67. The van der Waals surface area contributed by atoms with Gasteiger partial charge in [-0.2, -0.15) is 0 Å². The summed E-state index contributed by atoms with van der Waals surface area (Å²) < 4.78 is 1.08. The molecule has 2 nitrogen and oxygen atoms in total. The molecule has 1 aliphatic heterocycles. The lowest BCUT2D eigenvalue weighted by atomic mass is 10.0. The zero-order valence-electron chi connectivity index (χ0n) is 10.5. The van der Waals surface area contributed by atoms with Crippen LogP contribution in [-0.4, -0.2) is 11.5 Å². The first-order valence-electron chi connectivity index (χ1n) is 6.13. The summed E-state index contributed by atoms with van der Waals surface area (Å²) in [5, 5.41) is 2.20. The molecule has 0 aliphatic carbocycles. The third-order valence-electron chi connectivity index (χ3n) is 3.58. The number of anilines is 1. The first-order valence-corrected chi connectivity index (χ1v) is 7.80. The van der Waals surface area contributed by atoms with E-state index in [1.54, 1.807) is 0 Å². The van der Waals surface area contributed by atoms with Crippen LogP contribution < -0.4 is 4.90 Å². The van der Waals surface area contributed by atoms with Crippen molar-refractivity contribution in [2.24, 2.45) is 0 Å². The fourth-order valence-electron chi connectivity index (χ4n) is 2.51. The molecule has 1 aliphatic rings. The molecule has 0 aromatic carbocycles. The Labute approximate surface area is 120 Å². The molecule has 0 amide bonds. The Morgan fingerprint density at radius 2 is 2.22 bits per heavy atom. The topological polar surface area (TPSA) is 16.1 Å². The van der Waals surface area contributed by atoms with Gasteiger partial charge in [0, 0.05) is 15.9 Å². The molecule has 18 heavy (non-hydrogen) atoms. The van der Waals surface area contributed by atoms with E-state index in [4.69, 9.17) is 0 Å². The molecular weight excluding hydrogens is 308 g/mol. The summed E-state index contributed by atoms with van der Waals surface area (Å²) in [4.78, 5) is 8.62. The maximum absolute atomic E-state index is 4.69. The van der Waals surface area contributed by atoms with Gasteiger partial charge < -0.3 is 4.90 Å². The van der Waals surface area contributed by atoms with Gasteiger partial charge in [0.15, 0.2) is 0 Å². The van der Waals surface area contributed by atoms with E-state index in [2.05, 4.69) is 56.3 Å². The number of hydrogen-bond donors (Lipinski definition) is 0.